The second kappa shape index (κ2) is 9.44. The first-order valence-electron chi connectivity index (χ1n) is 8.09. The van der Waals surface area contributed by atoms with Crippen LogP contribution in [0.1, 0.15) is 28.4 Å². The number of nitrogens with one attached hydrogen (secondary N) is 2. The Morgan fingerprint density at radius 3 is 2.48 bits per heavy atom. The average Bonchev–Trinajstić information content (AvgIpc) is 2.65. The SMILES string of the molecule is COc1cccc(C(=O)NCCNC(=O)CC(N)c2ccccc2)c1. The van der Waals surface area contributed by atoms with Crippen molar-refractivity contribution in [1.82, 2.24) is 10.6 Å². The first-order chi connectivity index (χ1) is 12.1. The van der Waals surface area contributed by atoms with Crippen LogP contribution >= 0.6 is 0 Å². The number of rotatable bonds is 8. The molecule has 0 heterocycles. The molecule has 0 aliphatic rings. The van der Waals surface area contributed by atoms with Crippen LogP contribution in [0.2, 0.25) is 0 Å². The van der Waals surface area contributed by atoms with E-state index in [0.29, 0.717) is 24.4 Å². The Morgan fingerprint density at radius 1 is 1.04 bits per heavy atom. The van der Waals surface area contributed by atoms with Gasteiger partial charge in [0, 0.05) is 31.1 Å². The number of amides is 2. The monoisotopic (exact) mass is 341 g/mol. The third-order valence-corrected chi connectivity index (χ3v) is 3.70. The maximum Gasteiger partial charge on any atom is 0.251 e. The summed E-state index contributed by atoms with van der Waals surface area (Å²) in [5.74, 6) is 0.261. The number of hydrogen-bond donors (Lipinski definition) is 3. The molecule has 0 aliphatic heterocycles. The molecule has 2 aromatic carbocycles. The Kier molecular flexibility index (Phi) is 6.98. The Morgan fingerprint density at radius 2 is 1.76 bits per heavy atom. The normalized spacial score (nSPS) is 11.4. The quantitative estimate of drug-likeness (QED) is 0.636. The van der Waals surface area contributed by atoms with E-state index in [1.165, 1.54) is 0 Å². The van der Waals surface area contributed by atoms with E-state index in [0.717, 1.165) is 5.56 Å². The summed E-state index contributed by atoms with van der Waals surface area (Å²) in [7, 11) is 1.55. The predicted octanol–water partition coefficient (Wildman–Crippen LogP) is 1.63. The van der Waals surface area contributed by atoms with Gasteiger partial charge in [-0.1, -0.05) is 36.4 Å². The van der Waals surface area contributed by atoms with E-state index in [-0.39, 0.29) is 24.3 Å². The summed E-state index contributed by atoms with van der Waals surface area (Å²) in [5, 5.41) is 5.50. The maximum atomic E-state index is 12.0. The zero-order chi connectivity index (χ0) is 18.1. The van der Waals surface area contributed by atoms with Crippen LogP contribution in [0.4, 0.5) is 0 Å². The van der Waals surface area contributed by atoms with Gasteiger partial charge < -0.3 is 21.1 Å². The molecule has 0 aliphatic carbocycles. The van der Waals surface area contributed by atoms with Gasteiger partial charge in [-0.25, -0.2) is 0 Å². The molecular weight excluding hydrogens is 318 g/mol. The molecule has 0 saturated heterocycles. The van der Waals surface area contributed by atoms with Gasteiger partial charge in [0.1, 0.15) is 5.75 Å². The molecule has 0 radical (unpaired) electrons. The molecule has 6 nitrogen and oxygen atoms in total. The Bertz CT molecular complexity index is 704. The number of carbonyl (C=O) groups excluding carboxylic acids is 2. The molecule has 1 atom stereocenters. The van der Waals surface area contributed by atoms with Crippen LogP contribution in [0.3, 0.4) is 0 Å². The van der Waals surface area contributed by atoms with Crippen LogP contribution < -0.4 is 21.1 Å². The fourth-order valence-corrected chi connectivity index (χ4v) is 2.33. The van der Waals surface area contributed by atoms with Gasteiger partial charge in [0.2, 0.25) is 5.91 Å². The van der Waals surface area contributed by atoms with Crippen molar-refractivity contribution in [3.8, 4) is 5.75 Å². The number of carbonyl (C=O) groups is 2. The van der Waals surface area contributed by atoms with Crippen molar-refractivity contribution in [3.63, 3.8) is 0 Å². The van der Waals surface area contributed by atoms with Crippen LogP contribution in [-0.4, -0.2) is 32.0 Å². The first-order valence-corrected chi connectivity index (χ1v) is 8.09. The van der Waals surface area contributed by atoms with Crippen LogP contribution in [0.25, 0.3) is 0 Å². The highest BCUT2D eigenvalue weighted by atomic mass is 16.5. The minimum Gasteiger partial charge on any atom is -0.497 e. The fraction of sp³-hybridized carbons (Fsp3) is 0.263. The number of benzene rings is 2. The molecule has 0 saturated carbocycles. The molecule has 2 rings (SSSR count). The summed E-state index contributed by atoms with van der Waals surface area (Å²) in [4.78, 5) is 23.9. The Balaban J connectivity index is 1.70. The van der Waals surface area contributed by atoms with E-state index in [1.807, 2.05) is 30.3 Å². The van der Waals surface area contributed by atoms with Gasteiger partial charge in [0.05, 0.1) is 7.11 Å². The summed E-state index contributed by atoms with van der Waals surface area (Å²) in [6, 6.07) is 16.0. The van der Waals surface area contributed by atoms with E-state index in [2.05, 4.69) is 10.6 Å². The van der Waals surface area contributed by atoms with Gasteiger partial charge in [-0.3, -0.25) is 9.59 Å². The number of hydrogen-bond acceptors (Lipinski definition) is 4. The van der Waals surface area contributed by atoms with Crippen LogP contribution in [0.5, 0.6) is 5.75 Å². The molecule has 132 valence electrons. The van der Waals surface area contributed by atoms with Gasteiger partial charge in [0.15, 0.2) is 0 Å². The zero-order valence-electron chi connectivity index (χ0n) is 14.2. The van der Waals surface area contributed by atoms with Gasteiger partial charge in [0.25, 0.3) is 5.91 Å². The average molecular weight is 341 g/mol. The minimum absolute atomic E-state index is 0.146. The van der Waals surface area contributed by atoms with Gasteiger partial charge in [-0.2, -0.15) is 0 Å². The van der Waals surface area contributed by atoms with Gasteiger partial charge >= 0.3 is 0 Å². The molecule has 25 heavy (non-hydrogen) atoms. The molecule has 2 amide bonds. The van der Waals surface area contributed by atoms with E-state index in [9.17, 15) is 9.59 Å². The van der Waals surface area contributed by atoms with Crippen molar-refractivity contribution >= 4 is 11.8 Å². The number of nitrogens with two attached hydrogens (primary N) is 1. The molecule has 4 N–H and O–H groups in total. The smallest absolute Gasteiger partial charge is 0.251 e. The van der Waals surface area contributed by atoms with Crippen molar-refractivity contribution in [2.75, 3.05) is 20.2 Å². The summed E-state index contributed by atoms with van der Waals surface area (Å²) in [6.45, 7) is 0.679. The van der Waals surface area contributed by atoms with Crippen molar-refractivity contribution in [1.29, 1.82) is 0 Å². The molecule has 0 fully saturated rings. The summed E-state index contributed by atoms with van der Waals surface area (Å²) < 4.78 is 5.09. The van der Waals surface area contributed by atoms with Crippen molar-refractivity contribution in [2.45, 2.75) is 12.5 Å². The summed E-state index contributed by atoms with van der Waals surface area (Å²) in [5.41, 5.74) is 7.44. The van der Waals surface area contributed by atoms with Crippen molar-refractivity contribution < 1.29 is 14.3 Å². The van der Waals surface area contributed by atoms with Crippen molar-refractivity contribution in [3.05, 3.63) is 65.7 Å². The highest BCUT2D eigenvalue weighted by Gasteiger charge is 2.11. The lowest BCUT2D eigenvalue weighted by Crippen LogP contribution is -2.35. The lowest BCUT2D eigenvalue weighted by atomic mass is 10.0. The Labute approximate surface area is 147 Å². The second-order valence-electron chi connectivity index (χ2n) is 5.56. The fourth-order valence-electron chi connectivity index (χ4n) is 2.33. The summed E-state index contributed by atoms with van der Waals surface area (Å²) in [6.07, 6.45) is 0.202. The van der Waals surface area contributed by atoms with Crippen LogP contribution in [-0.2, 0) is 4.79 Å². The summed E-state index contributed by atoms with van der Waals surface area (Å²) >= 11 is 0. The van der Waals surface area contributed by atoms with E-state index < -0.39 is 0 Å². The highest BCUT2D eigenvalue weighted by Crippen LogP contribution is 2.13. The van der Waals surface area contributed by atoms with Gasteiger partial charge in [-0.05, 0) is 23.8 Å². The second-order valence-corrected chi connectivity index (χ2v) is 5.56. The topological polar surface area (TPSA) is 93.5 Å². The molecular formula is C19H23N3O3. The molecule has 0 spiro atoms. The third kappa shape index (κ3) is 5.93. The van der Waals surface area contributed by atoms with Crippen LogP contribution in [0, 0.1) is 0 Å². The molecule has 6 heteroatoms. The van der Waals surface area contributed by atoms with Gasteiger partial charge in [-0.15, -0.1) is 0 Å². The highest BCUT2D eigenvalue weighted by molar-refractivity contribution is 5.94. The standard InChI is InChI=1S/C19H23N3O3/c1-25-16-9-5-8-15(12-16)19(24)22-11-10-21-18(23)13-17(20)14-6-3-2-4-7-14/h2-9,12,17H,10-11,13,20H2,1H3,(H,21,23)(H,22,24). The van der Waals surface area contributed by atoms with E-state index in [1.54, 1.807) is 31.4 Å². The lowest BCUT2D eigenvalue weighted by molar-refractivity contribution is -0.121. The molecule has 0 aromatic heterocycles. The first kappa shape index (κ1) is 18.5. The predicted molar refractivity (Wildman–Crippen MR) is 96.3 cm³/mol. The Hall–Kier alpha value is -2.86. The molecule has 0 bridgehead atoms. The van der Waals surface area contributed by atoms with Crippen LogP contribution in [0.15, 0.2) is 54.6 Å². The molecule has 1 unspecified atom stereocenters. The number of ether oxygens (including phenoxy) is 1. The third-order valence-electron chi connectivity index (χ3n) is 3.70. The zero-order valence-corrected chi connectivity index (χ0v) is 14.2. The largest absolute Gasteiger partial charge is 0.497 e. The van der Waals surface area contributed by atoms with E-state index >= 15 is 0 Å². The minimum atomic E-state index is -0.340. The lowest BCUT2D eigenvalue weighted by Gasteiger charge is -2.12. The number of methoxy groups -OCH3 is 1. The maximum absolute atomic E-state index is 12.0. The van der Waals surface area contributed by atoms with E-state index in [4.69, 9.17) is 10.5 Å². The van der Waals surface area contributed by atoms with Crippen molar-refractivity contribution in [2.24, 2.45) is 5.73 Å². The molecule has 2 aromatic rings.